The number of carbonyl (C=O) groups excluding carboxylic acids is 1. The highest BCUT2D eigenvalue weighted by Gasteiger charge is 2.28. The van der Waals surface area contributed by atoms with E-state index in [1.165, 1.54) is 16.6 Å². The largest absolute Gasteiger partial charge is 0.494 e. The minimum atomic E-state index is -3.70. The van der Waals surface area contributed by atoms with Gasteiger partial charge in [-0.3, -0.25) is 4.79 Å². The normalized spacial score (nSPS) is 20.7. The molecule has 3 heterocycles. The predicted molar refractivity (Wildman–Crippen MR) is 108 cm³/mol. The number of hydrogen-bond donors (Lipinski definition) is 1. The van der Waals surface area contributed by atoms with E-state index in [9.17, 15) is 13.2 Å². The summed E-state index contributed by atoms with van der Waals surface area (Å²) in [6, 6.07) is 4.79. The molecule has 2 saturated heterocycles. The van der Waals surface area contributed by atoms with Crippen molar-refractivity contribution >= 4 is 27.3 Å². The van der Waals surface area contributed by atoms with Gasteiger partial charge in [-0.25, -0.2) is 8.42 Å². The lowest BCUT2D eigenvalue weighted by Gasteiger charge is -2.31. The van der Waals surface area contributed by atoms with Gasteiger partial charge < -0.3 is 29.2 Å². The lowest BCUT2D eigenvalue weighted by molar-refractivity contribution is -0.117. The Bertz CT molecular complexity index is 907. The van der Waals surface area contributed by atoms with Crippen LogP contribution < -0.4 is 10.2 Å². The molecule has 0 unspecified atom stereocenters. The lowest BCUT2D eigenvalue weighted by Crippen LogP contribution is -2.40. The van der Waals surface area contributed by atoms with Gasteiger partial charge in [0.2, 0.25) is 15.8 Å². The third-order valence-electron chi connectivity index (χ3n) is 5.05. The van der Waals surface area contributed by atoms with E-state index in [-0.39, 0.29) is 17.3 Å². The van der Waals surface area contributed by atoms with Crippen LogP contribution in [-0.4, -0.2) is 84.5 Å². The summed E-state index contributed by atoms with van der Waals surface area (Å²) in [7, 11) is -3.70. The topological polar surface area (TPSA) is 107 Å². The first kappa shape index (κ1) is 20.9. The van der Waals surface area contributed by atoms with Crippen LogP contribution in [0.5, 0.6) is 0 Å². The maximum absolute atomic E-state index is 13.1. The molecular weight excluding hydrogens is 414 g/mol. The number of anilines is 2. The van der Waals surface area contributed by atoms with Crippen molar-refractivity contribution in [2.75, 3.05) is 76.0 Å². The van der Waals surface area contributed by atoms with E-state index in [0.717, 1.165) is 5.69 Å². The third-order valence-corrected chi connectivity index (χ3v) is 6.94. The number of hydrogen-bond acceptors (Lipinski definition) is 8. The molecule has 30 heavy (non-hydrogen) atoms. The van der Waals surface area contributed by atoms with E-state index in [1.54, 1.807) is 12.1 Å². The monoisotopic (exact) mass is 439 g/mol. The third kappa shape index (κ3) is 4.53. The van der Waals surface area contributed by atoms with Crippen LogP contribution in [0.4, 0.5) is 11.4 Å². The van der Waals surface area contributed by atoms with Crippen molar-refractivity contribution in [3.05, 3.63) is 30.2 Å². The summed E-state index contributed by atoms with van der Waals surface area (Å²) in [6.45, 7) is 4.37. The van der Waals surface area contributed by atoms with Gasteiger partial charge in [0.05, 0.1) is 42.7 Å². The van der Waals surface area contributed by atoms with Crippen molar-refractivity contribution in [2.45, 2.75) is 4.90 Å². The fourth-order valence-electron chi connectivity index (χ4n) is 3.46. The van der Waals surface area contributed by atoms with Crippen molar-refractivity contribution in [3.63, 3.8) is 0 Å². The standard InChI is InChI=1S/C19H25N3O7S/c23-19(18-14-28-11-12-29-18)20-16-13-15(30(24,25)22-5-9-27-10-6-22)1-2-17(16)21-3-7-26-8-4-21/h1-2,13-14H,3-12H2,(H,20,23). The highest BCUT2D eigenvalue weighted by molar-refractivity contribution is 7.89. The van der Waals surface area contributed by atoms with Crippen molar-refractivity contribution in [1.29, 1.82) is 0 Å². The first-order valence-electron chi connectivity index (χ1n) is 9.86. The Morgan fingerprint density at radius 3 is 2.30 bits per heavy atom. The molecule has 1 aromatic carbocycles. The molecule has 0 radical (unpaired) electrons. The first-order valence-corrected chi connectivity index (χ1v) is 11.3. The van der Waals surface area contributed by atoms with E-state index < -0.39 is 15.9 Å². The second-order valence-corrected chi connectivity index (χ2v) is 8.89. The van der Waals surface area contributed by atoms with Crippen LogP contribution in [0.25, 0.3) is 0 Å². The highest BCUT2D eigenvalue weighted by atomic mass is 32.2. The molecule has 0 aromatic heterocycles. The summed E-state index contributed by atoms with van der Waals surface area (Å²) in [6.07, 6.45) is 1.27. The number of amides is 1. The highest BCUT2D eigenvalue weighted by Crippen LogP contribution is 2.31. The molecular formula is C19H25N3O7S. The average Bonchev–Trinajstić information content (AvgIpc) is 2.81. The smallest absolute Gasteiger partial charge is 0.294 e. The molecule has 0 spiro atoms. The van der Waals surface area contributed by atoms with E-state index in [2.05, 4.69) is 10.2 Å². The van der Waals surface area contributed by atoms with Gasteiger partial charge in [0.15, 0.2) is 0 Å². The van der Waals surface area contributed by atoms with Gasteiger partial charge in [0, 0.05) is 26.2 Å². The maximum Gasteiger partial charge on any atom is 0.294 e. The summed E-state index contributed by atoms with van der Waals surface area (Å²) < 4.78 is 48.7. The molecule has 164 valence electrons. The molecule has 2 fully saturated rings. The Morgan fingerprint density at radius 2 is 1.63 bits per heavy atom. The van der Waals surface area contributed by atoms with Gasteiger partial charge in [-0.1, -0.05) is 0 Å². The average molecular weight is 439 g/mol. The Balaban J connectivity index is 1.65. The second-order valence-electron chi connectivity index (χ2n) is 6.95. The Morgan fingerprint density at radius 1 is 0.933 bits per heavy atom. The van der Waals surface area contributed by atoms with Gasteiger partial charge >= 0.3 is 0 Å². The molecule has 3 aliphatic heterocycles. The maximum atomic E-state index is 13.1. The minimum Gasteiger partial charge on any atom is -0.494 e. The molecule has 10 nitrogen and oxygen atoms in total. The molecule has 0 saturated carbocycles. The number of morpholine rings is 2. The van der Waals surface area contributed by atoms with Crippen LogP contribution in [0.15, 0.2) is 35.1 Å². The SMILES string of the molecule is O=C(Nc1cc(S(=O)(=O)N2CCOCC2)ccc1N1CCOCC1)C1=COCCO1. The number of rotatable bonds is 5. The van der Waals surface area contributed by atoms with Gasteiger partial charge in [-0.15, -0.1) is 0 Å². The van der Waals surface area contributed by atoms with E-state index in [4.69, 9.17) is 18.9 Å². The molecule has 0 atom stereocenters. The molecule has 11 heteroatoms. The van der Waals surface area contributed by atoms with Crippen molar-refractivity contribution < 1.29 is 32.2 Å². The zero-order chi connectivity index (χ0) is 21.0. The van der Waals surface area contributed by atoms with Crippen LogP contribution in [0.3, 0.4) is 0 Å². The van der Waals surface area contributed by atoms with E-state index in [0.29, 0.717) is 64.9 Å². The van der Waals surface area contributed by atoms with Crippen molar-refractivity contribution in [3.8, 4) is 0 Å². The molecule has 0 bridgehead atoms. The van der Waals surface area contributed by atoms with Crippen molar-refractivity contribution in [1.82, 2.24) is 4.31 Å². The predicted octanol–water partition coefficient (Wildman–Crippen LogP) is 0.371. The molecule has 0 aliphatic carbocycles. The molecule has 4 rings (SSSR count). The van der Waals surface area contributed by atoms with E-state index >= 15 is 0 Å². The fourth-order valence-corrected chi connectivity index (χ4v) is 4.90. The Kier molecular flexibility index (Phi) is 6.42. The van der Waals surface area contributed by atoms with Crippen LogP contribution in [0.1, 0.15) is 0 Å². The minimum absolute atomic E-state index is 0.0515. The van der Waals surface area contributed by atoms with Crippen molar-refractivity contribution in [2.24, 2.45) is 0 Å². The second kappa shape index (κ2) is 9.21. The summed E-state index contributed by atoms with van der Waals surface area (Å²) in [5.41, 5.74) is 1.12. The summed E-state index contributed by atoms with van der Waals surface area (Å²) >= 11 is 0. The zero-order valence-corrected chi connectivity index (χ0v) is 17.4. The number of carbonyl (C=O) groups is 1. The number of nitrogens with one attached hydrogen (secondary N) is 1. The summed E-state index contributed by atoms with van der Waals surface area (Å²) in [5.74, 6) is -0.444. The number of ether oxygens (including phenoxy) is 4. The number of benzene rings is 1. The molecule has 1 amide bonds. The zero-order valence-electron chi connectivity index (χ0n) is 16.5. The summed E-state index contributed by atoms with van der Waals surface area (Å²) in [4.78, 5) is 14.8. The lowest BCUT2D eigenvalue weighted by atomic mass is 10.2. The fraction of sp³-hybridized carbons (Fsp3) is 0.526. The molecule has 1 N–H and O–H groups in total. The van der Waals surface area contributed by atoms with Crippen LogP contribution in [0.2, 0.25) is 0 Å². The Hall–Kier alpha value is -2.34. The quantitative estimate of drug-likeness (QED) is 0.702. The number of nitrogens with zero attached hydrogens (tertiary/aromatic N) is 2. The Labute approximate surface area is 175 Å². The van der Waals surface area contributed by atoms with E-state index in [1.807, 2.05) is 0 Å². The van der Waals surface area contributed by atoms with Crippen LogP contribution in [0, 0.1) is 0 Å². The van der Waals surface area contributed by atoms with Gasteiger partial charge in [0.25, 0.3) is 5.91 Å². The summed E-state index contributed by atoms with van der Waals surface area (Å²) in [5, 5.41) is 2.79. The molecule has 1 aromatic rings. The van der Waals surface area contributed by atoms with Crippen LogP contribution in [-0.2, 0) is 33.8 Å². The van der Waals surface area contributed by atoms with Gasteiger partial charge in [0.1, 0.15) is 19.5 Å². The first-order chi connectivity index (χ1) is 14.6. The van der Waals surface area contributed by atoms with Crippen LogP contribution >= 0.6 is 0 Å². The molecule has 3 aliphatic rings. The van der Waals surface area contributed by atoms with Gasteiger partial charge in [-0.2, -0.15) is 4.31 Å². The van der Waals surface area contributed by atoms with Gasteiger partial charge in [-0.05, 0) is 18.2 Å². The number of sulfonamides is 1.